The molecule has 0 bridgehead atoms. The van der Waals surface area contributed by atoms with Crippen LogP contribution in [0, 0.1) is 40.1 Å². The molecule has 0 spiro atoms. The Kier molecular flexibility index (Phi) is 54.7. The Morgan fingerprint density at radius 2 is 0.692 bits per heavy atom. The molecule has 2 aromatic heterocycles. The van der Waals surface area contributed by atoms with Gasteiger partial charge in [0.15, 0.2) is 0 Å². The number of halogens is 1. The summed E-state index contributed by atoms with van der Waals surface area (Å²) in [5.41, 5.74) is 17.4. The number of rotatable bonds is 18. The van der Waals surface area contributed by atoms with Crippen LogP contribution in [0.3, 0.4) is 0 Å². The summed E-state index contributed by atoms with van der Waals surface area (Å²) < 4.78 is 22.4. The van der Waals surface area contributed by atoms with Crippen molar-refractivity contribution in [3.63, 3.8) is 0 Å². The number of nitrogens with zero attached hydrogens (tertiary/aromatic N) is 4. The first-order chi connectivity index (χ1) is 68.9. The quantitative estimate of drug-likeness (QED) is 0.0237. The van der Waals surface area contributed by atoms with E-state index in [0.29, 0.717) is 32.7 Å². The van der Waals surface area contributed by atoms with Gasteiger partial charge >= 0.3 is 30.6 Å². The van der Waals surface area contributed by atoms with Crippen molar-refractivity contribution in [2.24, 2.45) is 0 Å². The molecule has 0 aliphatic heterocycles. The Morgan fingerprint density at radius 1 is 0.390 bits per heavy atom. The Balaban J connectivity index is 0.000000255. The number of benzene rings is 16. The average molecular weight is 2170 g/mol. The summed E-state index contributed by atoms with van der Waals surface area (Å²) in [5.74, 6) is 1.14. The monoisotopic (exact) mass is 2170 g/mol. The Hall–Kier alpha value is -14.5. The smallest absolute Gasteiger partial charge is 0.488 e. The first kappa shape index (κ1) is 120. The molecule has 146 heavy (non-hydrogen) atoms. The zero-order valence-corrected chi connectivity index (χ0v) is 89.2. The SMILES string of the molecule is C.COc1ccc(-c2cnc(Oc3cccc4c3CCCC4)c([N+](=O)[O-])c2C)cc1.COc1ccc(B(O)O)cc1C(=O)O.Cc1c(Br)cnc(Oc2cccc3c2CCCC3)c1[N+](=O)[O-].O=C=O.P.P.P.[Pd].[c-]1ccccc1.c1ccc(-c2ccccc2)cc1.c1ccc(-c2ccccc2)cc1.c1ccc(-c2ccccc2)cc1.c1ccc(-c2ccccc2)cc1.c1ccc(P(c2ccccc2)c2ccccc2)cc1. The van der Waals surface area contributed by atoms with Gasteiger partial charge < -0.3 is 34.1 Å². The van der Waals surface area contributed by atoms with Crippen molar-refractivity contribution in [3.8, 4) is 90.4 Å². The van der Waals surface area contributed by atoms with Crippen molar-refractivity contribution in [2.75, 3.05) is 14.2 Å². The molecule has 18 nitrogen and oxygen atoms in total. The average Bonchev–Trinajstić information content (AvgIpc) is 0.777. The number of carbonyl (C=O) groups excluding carboxylic acids is 2. The maximum atomic E-state index is 11.9. The number of fused-ring (bicyclic) bond motifs is 2. The fourth-order valence-electron chi connectivity index (χ4n) is 15.3. The summed E-state index contributed by atoms with van der Waals surface area (Å²) in [6, 6.07) is 151. The standard InChI is InChI=1S/C23H22N2O4.C18H15P.C16H15BrN2O3.4C12H10.C8H9BO5.C6H5.CO2.CH4.3H3P.Pd/c1-15-20(17-10-12-18(28-2)13-11-17)14-24-23(22(15)25(26)27)29-21-9-5-7-16-6-3-4-8-19(16)21;1-4-10-16(11-5-1)19(17-12-6-2-7-13-17)18-14-8-3-9-15-18;1-10-13(17)9-18-16(15(10)19(20)21)22-14-8-4-6-11-5-2-3-7-12(11)14;4*1-3-7-11(8-4-1)12-9-5-2-6-10-12;1-14-7-3-2-5(9(12)13)4-6(7)8(10)11;1-2-4-6-5-3-1;2-1-3;;;;;/h5,7,9-14H,3-4,6,8H2,1-2H3;1-15H;4,6,8-9H,2-3,5,7H2,1H3;4*1-10H;2-4,12-13H,1H3,(H,10,11);1-5H;;1H4;3*1H3;/q;;;;;;;;-1;;;;;;. The molecule has 3 N–H and O–H groups in total. The van der Waals surface area contributed by atoms with Gasteiger partial charge in [0.2, 0.25) is 0 Å². The van der Waals surface area contributed by atoms with E-state index in [4.69, 9.17) is 43.7 Å². The van der Waals surface area contributed by atoms with E-state index in [1.54, 1.807) is 27.2 Å². The first-order valence-electron chi connectivity index (χ1n) is 45.7. The first-order valence-corrected chi connectivity index (χ1v) is 47.8. The molecule has 16 aromatic carbocycles. The predicted octanol–water partition coefficient (Wildman–Crippen LogP) is 28.0. The van der Waals surface area contributed by atoms with Crippen molar-refractivity contribution < 1.29 is 78.8 Å². The van der Waals surface area contributed by atoms with Crippen LogP contribution in [0.15, 0.2) is 460 Å². The molecule has 3 unspecified atom stereocenters. The van der Waals surface area contributed by atoms with Crippen LogP contribution in [-0.2, 0) is 55.7 Å². The molecule has 0 radical (unpaired) electrons. The minimum Gasteiger partial charge on any atom is -0.497 e. The third-order valence-corrected chi connectivity index (χ3v) is 25.5. The van der Waals surface area contributed by atoms with E-state index >= 15 is 0 Å². The van der Waals surface area contributed by atoms with Crippen LogP contribution in [0.1, 0.15) is 76.8 Å². The van der Waals surface area contributed by atoms with Crippen molar-refractivity contribution in [2.45, 2.75) is 72.6 Å². The topological polar surface area (TPSA) is 261 Å². The van der Waals surface area contributed by atoms with Crippen LogP contribution >= 0.6 is 53.5 Å². The fourth-order valence-corrected chi connectivity index (χ4v) is 17.9. The van der Waals surface area contributed by atoms with Crippen molar-refractivity contribution in [1.29, 1.82) is 0 Å². The second kappa shape index (κ2) is 66.4. The van der Waals surface area contributed by atoms with Crippen LogP contribution in [-0.4, -0.2) is 68.4 Å². The van der Waals surface area contributed by atoms with Crippen LogP contribution < -0.4 is 40.3 Å². The molecular weight excluding hydrogens is 2050 g/mol. The van der Waals surface area contributed by atoms with Gasteiger partial charge in [-0.25, -0.2) is 14.8 Å². The molecular formula is C121H119BBrN4O14P4Pd-. The number of hydrogen-bond acceptors (Lipinski definition) is 15. The summed E-state index contributed by atoms with van der Waals surface area (Å²) in [6.45, 7) is 3.41. The van der Waals surface area contributed by atoms with Gasteiger partial charge in [-0.3, -0.25) is 20.2 Å². The molecule has 0 saturated carbocycles. The molecule has 0 saturated heterocycles. The fraction of sp³-hybridized carbons (Fsp3) is 0.107. The van der Waals surface area contributed by atoms with Gasteiger partial charge in [-0.15, -0.1) is 0 Å². The molecule has 748 valence electrons. The molecule has 2 aliphatic rings. The van der Waals surface area contributed by atoms with Crippen LogP contribution in [0.5, 0.6) is 34.8 Å². The summed E-state index contributed by atoms with van der Waals surface area (Å²) in [4.78, 5) is 57.7. The van der Waals surface area contributed by atoms with Crippen LogP contribution in [0.2, 0.25) is 0 Å². The number of aromatic carboxylic acids is 1. The van der Waals surface area contributed by atoms with Crippen molar-refractivity contribution in [3.05, 3.63) is 525 Å². The third-order valence-electron chi connectivity index (χ3n) is 22.3. The Labute approximate surface area is 889 Å². The largest absolute Gasteiger partial charge is 0.497 e. The van der Waals surface area contributed by atoms with E-state index in [9.17, 15) is 25.0 Å². The number of methoxy groups -OCH3 is 2. The predicted molar refractivity (Wildman–Crippen MR) is 610 cm³/mol. The van der Waals surface area contributed by atoms with Gasteiger partial charge in [0, 0.05) is 54.0 Å². The molecule has 0 fully saturated rings. The number of aromatic nitrogens is 2. The van der Waals surface area contributed by atoms with E-state index in [-0.39, 0.29) is 104 Å². The van der Waals surface area contributed by atoms with E-state index in [1.165, 1.54) is 103 Å². The second-order valence-electron chi connectivity index (χ2n) is 31.6. The Bertz CT molecular complexity index is 6310. The molecule has 3 atom stereocenters. The summed E-state index contributed by atoms with van der Waals surface area (Å²) >= 11 is 3.27. The maximum Gasteiger partial charge on any atom is 0.488 e. The van der Waals surface area contributed by atoms with Gasteiger partial charge in [-0.2, -0.15) is 75.7 Å². The summed E-state index contributed by atoms with van der Waals surface area (Å²) in [7, 11) is 0.815. The zero-order valence-electron chi connectivity index (χ0n) is 80.9. The van der Waals surface area contributed by atoms with E-state index in [1.807, 2.05) is 127 Å². The van der Waals surface area contributed by atoms with Gasteiger partial charge in [0.05, 0.1) is 24.1 Å². The normalized spacial score (nSPS) is 10.5. The second-order valence-corrected chi connectivity index (χ2v) is 34.6. The van der Waals surface area contributed by atoms with Gasteiger partial charge in [-0.1, -0.05) is 384 Å². The number of pyridine rings is 2. The zero-order chi connectivity index (χ0) is 99.6. The van der Waals surface area contributed by atoms with E-state index in [0.717, 1.165) is 73.5 Å². The van der Waals surface area contributed by atoms with E-state index in [2.05, 4.69) is 329 Å². The van der Waals surface area contributed by atoms with Crippen LogP contribution in [0.4, 0.5) is 11.4 Å². The number of hydrogen-bond donors (Lipinski definition) is 3. The number of carboxylic acids is 1. The number of aryl methyl sites for hydroxylation is 2. The molecule has 2 heterocycles. The number of carbonyl (C=O) groups is 1. The maximum absolute atomic E-state index is 11.9. The third kappa shape index (κ3) is 37.6. The van der Waals surface area contributed by atoms with Crippen molar-refractivity contribution in [1.82, 2.24) is 9.97 Å². The van der Waals surface area contributed by atoms with Gasteiger partial charge in [-0.05, 0) is 219 Å². The number of ether oxygens (including phenoxy) is 4. The molecule has 2 aliphatic carbocycles. The van der Waals surface area contributed by atoms with Crippen LogP contribution in [0.25, 0.3) is 55.6 Å². The van der Waals surface area contributed by atoms with Gasteiger partial charge in [0.25, 0.3) is 11.8 Å². The Morgan fingerprint density at radius 3 is 0.973 bits per heavy atom. The number of nitro groups is 2. The summed E-state index contributed by atoms with van der Waals surface area (Å²) in [5, 5.41) is 53.8. The molecule has 0 amide bonds. The van der Waals surface area contributed by atoms with Gasteiger partial charge in [0.1, 0.15) is 28.6 Å². The molecule has 25 heteroatoms. The molecule has 18 aromatic rings. The molecule has 20 rings (SSSR count). The summed E-state index contributed by atoms with van der Waals surface area (Å²) in [6.07, 6.45) is 11.9. The minimum atomic E-state index is -1.68. The van der Waals surface area contributed by atoms with E-state index < -0.39 is 30.9 Å². The van der Waals surface area contributed by atoms with Crippen molar-refractivity contribution >= 4 is 106 Å². The number of carboxylic acid groups (broad SMARTS) is 1. The minimum absolute atomic E-state index is 0.